The first-order chi connectivity index (χ1) is 12.5. The topological polar surface area (TPSA) is 86.7 Å². The van der Waals surface area contributed by atoms with E-state index in [4.69, 9.17) is 0 Å². The van der Waals surface area contributed by atoms with Gasteiger partial charge in [0.15, 0.2) is 0 Å². The minimum Gasteiger partial charge on any atom is -0.393 e. The van der Waals surface area contributed by atoms with Crippen molar-refractivity contribution in [1.29, 1.82) is 0 Å². The van der Waals surface area contributed by atoms with E-state index in [2.05, 4.69) is 4.72 Å². The van der Waals surface area contributed by atoms with Crippen LogP contribution in [0, 0.1) is 0 Å². The van der Waals surface area contributed by atoms with Crippen LogP contribution in [-0.4, -0.2) is 50.1 Å². The van der Waals surface area contributed by atoms with Gasteiger partial charge in [-0.2, -0.15) is 0 Å². The molecule has 0 bridgehead atoms. The summed E-state index contributed by atoms with van der Waals surface area (Å²) in [5.41, 5.74) is 0.457. The second-order valence-electron chi connectivity index (χ2n) is 6.27. The molecule has 1 saturated heterocycles. The molecule has 1 aromatic carbocycles. The van der Waals surface area contributed by atoms with Gasteiger partial charge in [0, 0.05) is 30.1 Å². The van der Waals surface area contributed by atoms with E-state index < -0.39 is 10.0 Å². The number of carbonyl (C=O) groups is 1. The minimum atomic E-state index is -3.59. The molecule has 0 atom stereocenters. The van der Waals surface area contributed by atoms with Gasteiger partial charge >= 0.3 is 0 Å². The maximum atomic E-state index is 12.5. The predicted octanol–water partition coefficient (Wildman–Crippen LogP) is 1.87. The number of sulfonamides is 1. The molecule has 1 aromatic heterocycles. The van der Waals surface area contributed by atoms with E-state index in [1.807, 2.05) is 17.5 Å². The number of aliphatic hydroxyl groups excluding tert-OH is 1. The first kappa shape index (κ1) is 19.0. The number of thiophene rings is 1. The van der Waals surface area contributed by atoms with Crippen LogP contribution in [0.15, 0.2) is 46.7 Å². The van der Waals surface area contributed by atoms with Crippen molar-refractivity contribution in [3.8, 4) is 0 Å². The van der Waals surface area contributed by atoms with E-state index in [0.29, 0.717) is 44.5 Å². The highest BCUT2D eigenvalue weighted by Gasteiger charge is 2.23. The van der Waals surface area contributed by atoms with Crippen LogP contribution in [0.3, 0.4) is 0 Å². The van der Waals surface area contributed by atoms with Crippen molar-refractivity contribution in [2.75, 3.05) is 19.6 Å². The van der Waals surface area contributed by atoms with Gasteiger partial charge in [-0.05, 0) is 55.0 Å². The largest absolute Gasteiger partial charge is 0.393 e. The van der Waals surface area contributed by atoms with Gasteiger partial charge in [0.05, 0.1) is 11.0 Å². The molecule has 1 fully saturated rings. The molecule has 2 N–H and O–H groups in total. The lowest BCUT2D eigenvalue weighted by Gasteiger charge is -2.29. The molecule has 0 radical (unpaired) electrons. The van der Waals surface area contributed by atoms with E-state index in [-0.39, 0.29) is 16.9 Å². The Morgan fingerprint density at radius 3 is 2.50 bits per heavy atom. The van der Waals surface area contributed by atoms with E-state index >= 15 is 0 Å². The number of benzene rings is 1. The molecule has 3 rings (SSSR count). The van der Waals surface area contributed by atoms with Gasteiger partial charge in [-0.1, -0.05) is 6.07 Å². The third-order valence-electron chi connectivity index (χ3n) is 4.41. The third-order valence-corrected chi connectivity index (χ3v) is 6.82. The molecule has 1 aliphatic heterocycles. The van der Waals surface area contributed by atoms with Gasteiger partial charge in [-0.15, -0.1) is 11.3 Å². The van der Waals surface area contributed by atoms with Gasteiger partial charge in [-0.3, -0.25) is 4.79 Å². The number of rotatable bonds is 6. The molecule has 140 valence electrons. The Hall–Kier alpha value is -1.74. The summed E-state index contributed by atoms with van der Waals surface area (Å²) in [6.45, 7) is 1.37. The van der Waals surface area contributed by atoms with Crippen LogP contribution in [0.1, 0.15) is 28.1 Å². The summed E-state index contributed by atoms with van der Waals surface area (Å²) < 4.78 is 27.3. The van der Waals surface area contributed by atoms with Gasteiger partial charge in [0.2, 0.25) is 10.0 Å². The lowest BCUT2D eigenvalue weighted by atomic mass is 10.1. The number of hydrogen-bond donors (Lipinski definition) is 2. The second kappa shape index (κ2) is 8.30. The molecular formula is C18H22N2O4S2. The van der Waals surface area contributed by atoms with Gasteiger partial charge in [-0.25, -0.2) is 13.1 Å². The molecule has 0 saturated carbocycles. The van der Waals surface area contributed by atoms with Crippen molar-refractivity contribution in [2.45, 2.75) is 30.3 Å². The maximum absolute atomic E-state index is 12.5. The Kier molecular flexibility index (Phi) is 6.08. The summed E-state index contributed by atoms with van der Waals surface area (Å²) in [7, 11) is -3.59. The lowest BCUT2D eigenvalue weighted by molar-refractivity contribution is 0.0546. The number of piperidine rings is 1. The smallest absolute Gasteiger partial charge is 0.253 e. The molecular weight excluding hydrogens is 372 g/mol. The van der Waals surface area contributed by atoms with Crippen molar-refractivity contribution < 1.29 is 18.3 Å². The van der Waals surface area contributed by atoms with Gasteiger partial charge < -0.3 is 10.0 Å². The fourth-order valence-electron chi connectivity index (χ4n) is 2.87. The zero-order valence-electron chi connectivity index (χ0n) is 14.3. The molecule has 0 unspecified atom stereocenters. The Morgan fingerprint density at radius 1 is 1.19 bits per heavy atom. The zero-order valence-corrected chi connectivity index (χ0v) is 15.9. The Bertz CT molecular complexity index is 825. The van der Waals surface area contributed by atoms with Crippen LogP contribution >= 0.6 is 11.3 Å². The number of aliphatic hydroxyl groups is 1. The van der Waals surface area contributed by atoms with Crippen LogP contribution < -0.4 is 4.72 Å². The first-order valence-electron chi connectivity index (χ1n) is 8.55. The van der Waals surface area contributed by atoms with Crippen molar-refractivity contribution in [3.05, 3.63) is 52.2 Å². The summed E-state index contributed by atoms with van der Waals surface area (Å²) >= 11 is 1.60. The molecule has 1 aliphatic rings. The predicted molar refractivity (Wildman–Crippen MR) is 101 cm³/mol. The molecule has 2 aromatic rings. The summed E-state index contributed by atoms with van der Waals surface area (Å²) in [6.07, 6.45) is 1.46. The molecule has 0 aliphatic carbocycles. The quantitative estimate of drug-likeness (QED) is 0.783. The third kappa shape index (κ3) is 4.70. The Labute approximate surface area is 157 Å². The average Bonchev–Trinajstić information content (AvgIpc) is 3.15. The summed E-state index contributed by atoms with van der Waals surface area (Å²) in [5, 5.41) is 11.5. The fourth-order valence-corrected chi connectivity index (χ4v) is 4.62. The minimum absolute atomic E-state index is 0.133. The molecule has 6 nitrogen and oxygen atoms in total. The van der Waals surface area contributed by atoms with Crippen LogP contribution in [0.25, 0.3) is 0 Å². The molecule has 0 spiro atoms. The van der Waals surface area contributed by atoms with Crippen LogP contribution in [-0.2, 0) is 16.4 Å². The standard InChI is InChI=1S/C18H22N2O4S2/c21-15-8-11-20(12-9-15)18(22)14-3-5-17(6-4-14)26(23,24)19-10-7-16-2-1-13-25-16/h1-6,13,15,19,21H,7-12H2. The van der Waals surface area contributed by atoms with Crippen molar-refractivity contribution >= 4 is 27.3 Å². The molecule has 8 heteroatoms. The summed E-state index contributed by atoms with van der Waals surface area (Å²) in [5.74, 6) is -0.133. The lowest BCUT2D eigenvalue weighted by Crippen LogP contribution is -2.40. The highest BCUT2D eigenvalue weighted by molar-refractivity contribution is 7.89. The summed E-state index contributed by atoms with van der Waals surface area (Å²) in [6, 6.07) is 9.91. The molecule has 2 heterocycles. The monoisotopic (exact) mass is 394 g/mol. The van der Waals surface area contributed by atoms with Crippen LogP contribution in [0.2, 0.25) is 0 Å². The Morgan fingerprint density at radius 2 is 1.88 bits per heavy atom. The van der Waals surface area contributed by atoms with Crippen LogP contribution in [0.5, 0.6) is 0 Å². The number of carbonyl (C=O) groups excluding carboxylic acids is 1. The molecule has 1 amide bonds. The zero-order chi connectivity index (χ0) is 18.6. The van der Waals surface area contributed by atoms with E-state index in [0.717, 1.165) is 4.88 Å². The maximum Gasteiger partial charge on any atom is 0.253 e. The Balaban J connectivity index is 1.59. The highest BCUT2D eigenvalue weighted by Crippen LogP contribution is 2.16. The summed E-state index contributed by atoms with van der Waals surface area (Å²) in [4.78, 5) is 15.4. The SMILES string of the molecule is O=C(c1ccc(S(=O)(=O)NCCc2cccs2)cc1)N1CCC(O)CC1. The van der Waals surface area contributed by atoms with E-state index in [1.54, 1.807) is 28.4 Å². The van der Waals surface area contributed by atoms with Crippen LogP contribution in [0.4, 0.5) is 0 Å². The number of nitrogens with one attached hydrogen (secondary N) is 1. The van der Waals surface area contributed by atoms with Crippen molar-refractivity contribution in [1.82, 2.24) is 9.62 Å². The van der Waals surface area contributed by atoms with Crippen molar-refractivity contribution in [2.24, 2.45) is 0 Å². The number of likely N-dealkylation sites (tertiary alicyclic amines) is 1. The van der Waals surface area contributed by atoms with Crippen molar-refractivity contribution in [3.63, 3.8) is 0 Å². The van der Waals surface area contributed by atoms with Gasteiger partial charge in [0.1, 0.15) is 0 Å². The molecule has 26 heavy (non-hydrogen) atoms. The average molecular weight is 395 g/mol. The highest BCUT2D eigenvalue weighted by atomic mass is 32.2. The number of amides is 1. The number of nitrogens with zero attached hydrogens (tertiary/aromatic N) is 1. The fraction of sp³-hybridized carbons (Fsp3) is 0.389. The van der Waals surface area contributed by atoms with Gasteiger partial charge in [0.25, 0.3) is 5.91 Å². The normalized spacial score (nSPS) is 16.0. The van der Waals surface area contributed by atoms with E-state index in [1.165, 1.54) is 12.1 Å². The number of hydrogen-bond acceptors (Lipinski definition) is 5. The van der Waals surface area contributed by atoms with E-state index in [9.17, 15) is 18.3 Å². The first-order valence-corrected chi connectivity index (χ1v) is 10.9. The second-order valence-corrected chi connectivity index (χ2v) is 9.07.